The Labute approximate surface area is 177 Å². The smallest absolute Gasteiger partial charge is 0.475 e. The zero-order chi connectivity index (χ0) is 22.5. The molecular weight excluding hydrogens is 415 g/mol. The van der Waals surface area contributed by atoms with Crippen molar-refractivity contribution in [2.75, 3.05) is 40.0 Å². The molecule has 0 amide bonds. The molecule has 1 aromatic heterocycles. The van der Waals surface area contributed by atoms with Crippen LogP contribution < -0.4 is 0 Å². The molecule has 2 aliphatic heterocycles. The summed E-state index contributed by atoms with van der Waals surface area (Å²) < 4.78 is 42.9. The van der Waals surface area contributed by atoms with Crippen molar-refractivity contribution >= 4 is 5.97 Å². The van der Waals surface area contributed by atoms with E-state index in [2.05, 4.69) is 22.0 Å². The molecule has 2 aromatic rings. The van der Waals surface area contributed by atoms with Gasteiger partial charge in [0.15, 0.2) is 5.82 Å². The number of hydrogen-bond acceptors (Lipinski definition) is 6. The molecule has 1 spiro atoms. The Kier molecular flexibility index (Phi) is 7.24. The lowest BCUT2D eigenvalue weighted by molar-refractivity contribution is -0.192. The van der Waals surface area contributed by atoms with E-state index in [0.717, 1.165) is 56.2 Å². The highest BCUT2D eigenvalue weighted by Crippen LogP contribution is 2.39. The zero-order valence-electron chi connectivity index (χ0n) is 17.1. The first kappa shape index (κ1) is 23.1. The van der Waals surface area contributed by atoms with E-state index in [1.807, 2.05) is 24.4 Å². The van der Waals surface area contributed by atoms with Gasteiger partial charge in [0, 0.05) is 37.5 Å². The molecule has 1 atom stereocenters. The molecule has 1 fully saturated rings. The van der Waals surface area contributed by atoms with Crippen LogP contribution in [-0.2, 0) is 26.3 Å². The maximum atomic E-state index is 10.6. The number of fused-ring (bicyclic) bond motifs is 2. The van der Waals surface area contributed by atoms with Crippen LogP contribution in [0.2, 0.25) is 0 Å². The molecule has 0 aliphatic carbocycles. The SMILES string of the molecule is COCCN1CCC2(COCc3cnc(-c4ccccc4)nc32)C1.O=C(O)C(F)(F)F. The third kappa shape index (κ3) is 5.57. The van der Waals surface area contributed by atoms with Crippen molar-refractivity contribution < 1.29 is 32.5 Å². The van der Waals surface area contributed by atoms with Gasteiger partial charge in [0.05, 0.1) is 30.9 Å². The quantitative estimate of drug-likeness (QED) is 0.784. The van der Waals surface area contributed by atoms with Crippen LogP contribution in [0, 0.1) is 0 Å². The van der Waals surface area contributed by atoms with Crippen LogP contribution >= 0.6 is 0 Å². The maximum absolute atomic E-state index is 10.6. The molecule has 10 heteroatoms. The average Bonchev–Trinajstić information content (AvgIpc) is 3.16. The van der Waals surface area contributed by atoms with Crippen molar-refractivity contribution in [3.8, 4) is 11.4 Å². The Hall–Kier alpha value is -2.56. The molecular formula is C21H24F3N3O4. The predicted octanol–water partition coefficient (Wildman–Crippen LogP) is 2.90. The van der Waals surface area contributed by atoms with Gasteiger partial charge < -0.3 is 14.6 Å². The number of carbonyl (C=O) groups is 1. The molecule has 1 aromatic carbocycles. The summed E-state index contributed by atoms with van der Waals surface area (Å²) in [6.07, 6.45) is -2.06. The van der Waals surface area contributed by atoms with E-state index in [1.165, 1.54) is 5.69 Å². The maximum Gasteiger partial charge on any atom is 0.490 e. The van der Waals surface area contributed by atoms with Gasteiger partial charge in [0.1, 0.15) is 0 Å². The van der Waals surface area contributed by atoms with E-state index in [4.69, 9.17) is 24.4 Å². The number of methoxy groups -OCH3 is 1. The van der Waals surface area contributed by atoms with Crippen LogP contribution in [0.1, 0.15) is 17.7 Å². The first-order valence-electron chi connectivity index (χ1n) is 9.76. The standard InChI is InChI=1S/C19H23N3O2.C2HF3O2/c1-23-10-9-22-8-7-19(13-22)14-24-12-16-11-20-18(21-17(16)19)15-5-3-2-4-6-15;3-2(4,5)1(6)7/h2-6,11H,7-10,12-14H2,1H3;(H,6,7). The first-order valence-corrected chi connectivity index (χ1v) is 9.76. The Morgan fingerprint density at radius 2 is 2.03 bits per heavy atom. The van der Waals surface area contributed by atoms with E-state index in [1.54, 1.807) is 7.11 Å². The summed E-state index contributed by atoms with van der Waals surface area (Å²) in [4.78, 5) is 20.9. The molecule has 1 saturated heterocycles. The van der Waals surface area contributed by atoms with E-state index in [-0.39, 0.29) is 5.41 Å². The Morgan fingerprint density at radius 3 is 2.68 bits per heavy atom. The summed E-state index contributed by atoms with van der Waals surface area (Å²) in [5, 5.41) is 7.12. The van der Waals surface area contributed by atoms with E-state index >= 15 is 0 Å². The third-order valence-corrected chi connectivity index (χ3v) is 5.32. The van der Waals surface area contributed by atoms with Crippen molar-refractivity contribution in [1.82, 2.24) is 14.9 Å². The number of benzene rings is 1. The molecule has 7 nitrogen and oxygen atoms in total. The molecule has 2 aliphatic rings. The first-order chi connectivity index (χ1) is 14.7. The van der Waals surface area contributed by atoms with Gasteiger partial charge in [-0.05, 0) is 13.0 Å². The van der Waals surface area contributed by atoms with Crippen LogP contribution in [0.5, 0.6) is 0 Å². The van der Waals surface area contributed by atoms with Crippen molar-refractivity contribution in [3.63, 3.8) is 0 Å². The number of carboxylic acid groups (broad SMARTS) is 1. The van der Waals surface area contributed by atoms with Crippen molar-refractivity contribution in [1.29, 1.82) is 0 Å². The highest BCUT2D eigenvalue weighted by Gasteiger charge is 2.44. The summed E-state index contributed by atoms with van der Waals surface area (Å²) in [5.74, 6) is -1.95. The van der Waals surface area contributed by atoms with Crippen LogP contribution in [-0.4, -0.2) is 72.1 Å². The monoisotopic (exact) mass is 439 g/mol. The van der Waals surface area contributed by atoms with Crippen molar-refractivity contribution in [2.24, 2.45) is 0 Å². The van der Waals surface area contributed by atoms with Crippen LogP contribution in [0.25, 0.3) is 11.4 Å². The molecule has 168 valence electrons. The highest BCUT2D eigenvalue weighted by molar-refractivity contribution is 5.73. The van der Waals surface area contributed by atoms with Crippen molar-refractivity contribution in [3.05, 3.63) is 47.8 Å². The number of halogens is 3. The fraction of sp³-hybridized carbons (Fsp3) is 0.476. The normalized spacial score (nSPS) is 20.8. The summed E-state index contributed by atoms with van der Waals surface area (Å²) in [5.41, 5.74) is 3.38. The number of hydrogen-bond donors (Lipinski definition) is 1. The summed E-state index contributed by atoms with van der Waals surface area (Å²) in [7, 11) is 1.75. The van der Waals surface area contributed by atoms with Crippen LogP contribution in [0.3, 0.4) is 0 Å². The lowest BCUT2D eigenvalue weighted by Gasteiger charge is -2.34. The number of likely N-dealkylation sites (tertiary alicyclic amines) is 1. The van der Waals surface area contributed by atoms with E-state index < -0.39 is 12.1 Å². The van der Waals surface area contributed by atoms with Gasteiger partial charge in [-0.1, -0.05) is 30.3 Å². The van der Waals surface area contributed by atoms with Gasteiger partial charge >= 0.3 is 12.1 Å². The van der Waals surface area contributed by atoms with Gasteiger partial charge in [-0.2, -0.15) is 13.2 Å². The summed E-state index contributed by atoms with van der Waals surface area (Å²) in [6.45, 7) is 5.14. The second-order valence-electron chi connectivity index (χ2n) is 7.53. The van der Waals surface area contributed by atoms with Gasteiger partial charge in [-0.3, -0.25) is 4.90 Å². The molecule has 3 heterocycles. The minimum absolute atomic E-state index is 0.00616. The predicted molar refractivity (Wildman–Crippen MR) is 105 cm³/mol. The minimum Gasteiger partial charge on any atom is -0.475 e. The molecule has 1 unspecified atom stereocenters. The van der Waals surface area contributed by atoms with Gasteiger partial charge in [-0.15, -0.1) is 0 Å². The third-order valence-electron chi connectivity index (χ3n) is 5.32. The Bertz CT molecular complexity index is 895. The molecule has 0 radical (unpaired) electrons. The molecule has 0 saturated carbocycles. The molecule has 31 heavy (non-hydrogen) atoms. The number of alkyl halides is 3. The number of nitrogens with zero attached hydrogens (tertiary/aromatic N) is 3. The lowest BCUT2D eigenvalue weighted by atomic mass is 9.80. The largest absolute Gasteiger partial charge is 0.490 e. The summed E-state index contributed by atoms with van der Waals surface area (Å²) >= 11 is 0. The Morgan fingerprint density at radius 1 is 1.32 bits per heavy atom. The number of aromatic nitrogens is 2. The average molecular weight is 439 g/mol. The van der Waals surface area contributed by atoms with Crippen molar-refractivity contribution in [2.45, 2.75) is 24.6 Å². The van der Waals surface area contributed by atoms with E-state index in [0.29, 0.717) is 6.61 Å². The molecule has 4 rings (SSSR count). The number of rotatable bonds is 4. The lowest BCUT2D eigenvalue weighted by Crippen LogP contribution is -2.41. The topological polar surface area (TPSA) is 84.8 Å². The summed E-state index contributed by atoms with van der Waals surface area (Å²) in [6, 6.07) is 10.2. The van der Waals surface area contributed by atoms with Gasteiger partial charge in [0.25, 0.3) is 0 Å². The zero-order valence-corrected chi connectivity index (χ0v) is 17.1. The second kappa shape index (κ2) is 9.71. The fourth-order valence-electron chi connectivity index (χ4n) is 3.80. The number of ether oxygens (including phenoxy) is 2. The van der Waals surface area contributed by atoms with Gasteiger partial charge in [-0.25, -0.2) is 14.8 Å². The van der Waals surface area contributed by atoms with E-state index in [9.17, 15) is 13.2 Å². The molecule has 0 bridgehead atoms. The minimum atomic E-state index is -5.08. The second-order valence-corrected chi connectivity index (χ2v) is 7.53. The Balaban J connectivity index is 0.000000339. The fourth-order valence-corrected chi connectivity index (χ4v) is 3.80. The highest BCUT2D eigenvalue weighted by atomic mass is 19.4. The molecule has 1 N–H and O–H groups in total. The van der Waals surface area contributed by atoms with Crippen LogP contribution in [0.15, 0.2) is 36.5 Å². The number of aliphatic carboxylic acids is 1. The van der Waals surface area contributed by atoms with Gasteiger partial charge in [0.2, 0.25) is 0 Å². The van der Waals surface area contributed by atoms with Crippen LogP contribution in [0.4, 0.5) is 13.2 Å². The number of carboxylic acids is 1.